The molecule has 0 saturated carbocycles. The molecule has 3 rings (SSSR count). The standard InChI is InChI=1S/C18H20N2O.C2H6/c1-14-9-11-16(12-10-14)19-18(21)20-13-5-4-7-15-6-2-3-8-17(15)20;1-2/h2-3,6,8-12H,4-5,7,13H2,1H3,(H,19,21);1-2H3. The van der Waals surface area contributed by atoms with E-state index in [9.17, 15) is 4.79 Å². The summed E-state index contributed by atoms with van der Waals surface area (Å²) in [5.74, 6) is 0. The number of para-hydroxylation sites is 1. The molecule has 0 fully saturated rings. The lowest BCUT2D eigenvalue weighted by Gasteiger charge is -2.23. The van der Waals surface area contributed by atoms with Crippen LogP contribution in [-0.4, -0.2) is 12.6 Å². The minimum absolute atomic E-state index is 0.0480. The van der Waals surface area contributed by atoms with Gasteiger partial charge in [0.05, 0.1) is 0 Å². The van der Waals surface area contributed by atoms with Gasteiger partial charge in [-0.05, 0) is 49.9 Å². The normalized spacial score (nSPS) is 13.3. The van der Waals surface area contributed by atoms with E-state index in [1.807, 2.05) is 68.1 Å². The molecule has 0 saturated heterocycles. The monoisotopic (exact) mass is 310 g/mol. The fourth-order valence-corrected chi connectivity index (χ4v) is 2.73. The van der Waals surface area contributed by atoms with Gasteiger partial charge >= 0.3 is 6.03 Å². The van der Waals surface area contributed by atoms with Crippen LogP contribution in [0.1, 0.15) is 37.8 Å². The van der Waals surface area contributed by atoms with Crippen molar-refractivity contribution in [3.05, 3.63) is 59.7 Å². The number of amides is 2. The first-order valence-corrected chi connectivity index (χ1v) is 8.47. The summed E-state index contributed by atoms with van der Waals surface area (Å²) in [6, 6.07) is 16.0. The molecule has 0 radical (unpaired) electrons. The maximum absolute atomic E-state index is 12.6. The van der Waals surface area contributed by atoms with Crippen molar-refractivity contribution in [2.45, 2.75) is 40.0 Å². The molecule has 1 N–H and O–H groups in total. The second-order valence-electron chi connectivity index (χ2n) is 5.53. The average molecular weight is 310 g/mol. The number of rotatable bonds is 1. The van der Waals surface area contributed by atoms with Gasteiger partial charge in [0.2, 0.25) is 0 Å². The van der Waals surface area contributed by atoms with Crippen LogP contribution in [0.15, 0.2) is 48.5 Å². The first-order valence-electron chi connectivity index (χ1n) is 8.47. The molecule has 122 valence electrons. The lowest BCUT2D eigenvalue weighted by atomic mass is 10.1. The first kappa shape index (κ1) is 17.1. The van der Waals surface area contributed by atoms with E-state index in [1.165, 1.54) is 11.1 Å². The molecule has 0 bridgehead atoms. The van der Waals surface area contributed by atoms with Crippen LogP contribution in [0.2, 0.25) is 0 Å². The van der Waals surface area contributed by atoms with E-state index >= 15 is 0 Å². The van der Waals surface area contributed by atoms with E-state index in [0.29, 0.717) is 0 Å². The Hall–Kier alpha value is -2.29. The van der Waals surface area contributed by atoms with Crippen molar-refractivity contribution in [3.8, 4) is 0 Å². The van der Waals surface area contributed by atoms with Crippen molar-refractivity contribution in [3.63, 3.8) is 0 Å². The van der Waals surface area contributed by atoms with Crippen molar-refractivity contribution in [2.75, 3.05) is 16.8 Å². The molecule has 0 spiro atoms. The number of carbonyl (C=O) groups excluding carboxylic acids is 1. The van der Waals surface area contributed by atoms with Crippen LogP contribution < -0.4 is 10.2 Å². The summed E-state index contributed by atoms with van der Waals surface area (Å²) >= 11 is 0. The Balaban J connectivity index is 0.000000924. The molecule has 3 heteroatoms. The van der Waals surface area contributed by atoms with Gasteiger partial charge in [-0.1, -0.05) is 49.7 Å². The highest BCUT2D eigenvalue weighted by atomic mass is 16.2. The molecular formula is C20H26N2O. The van der Waals surface area contributed by atoms with Crippen molar-refractivity contribution in [2.24, 2.45) is 0 Å². The maximum atomic E-state index is 12.6. The average Bonchev–Trinajstić information content (AvgIpc) is 2.81. The fourth-order valence-electron chi connectivity index (χ4n) is 2.73. The van der Waals surface area contributed by atoms with E-state index < -0.39 is 0 Å². The third-order valence-electron chi connectivity index (χ3n) is 3.91. The van der Waals surface area contributed by atoms with Crippen LogP contribution in [0, 0.1) is 6.92 Å². The van der Waals surface area contributed by atoms with Crippen molar-refractivity contribution in [1.29, 1.82) is 0 Å². The number of hydrogen-bond donors (Lipinski definition) is 1. The van der Waals surface area contributed by atoms with Gasteiger partial charge in [0, 0.05) is 17.9 Å². The van der Waals surface area contributed by atoms with Crippen molar-refractivity contribution < 1.29 is 4.79 Å². The van der Waals surface area contributed by atoms with Crippen LogP contribution in [0.25, 0.3) is 0 Å². The summed E-state index contributed by atoms with van der Waals surface area (Å²) in [6.07, 6.45) is 3.21. The second kappa shape index (κ2) is 8.37. The molecule has 0 aromatic heterocycles. The number of aryl methyl sites for hydroxylation is 2. The summed E-state index contributed by atoms with van der Waals surface area (Å²) in [5.41, 5.74) is 4.33. The van der Waals surface area contributed by atoms with Crippen molar-refractivity contribution in [1.82, 2.24) is 0 Å². The molecule has 0 atom stereocenters. The van der Waals surface area contributed by atoms with Crippen LogP contribution in [-0.2, 0) is 6.42 Å². The molecule has 23 heavy (non-hydrogen) atoms. The van der Waals surface area contributed by atoms with Gasteiger partial charge in [-0.2, -0.15) is 0 Å². The van der Waals surface area contributed by atoms with E-state index in [0.717, 1.165) is 37.2 Å². The molecular weight excluding hydrogens is 284 g/mol. The first-order chi connectivity index (χ1) is 11.2. The third kappa shape index (κ3) is 4.35. The van der Waals surface area contributed by atoms with E-state index in [2.05, 4.69) is 11.4 Å². The molecule has 2 aromatic carbocycles. The molecule has 1 heterocycles. The minimum Gasteiger partial charge on any atom is -0.308 e. The largest absolute Gasteiger partial charge is 0.326 e. The summed E-state index contributed by atoms with van der Waals surface area (Å²) in [7, 11) is 0. The van der Waals surface area contributed by atoms with E-state index in [-0.39, 0.29) is 6.03 Å². The zero-order valence-electron chi connectivity index (χ0n) is 14.3. The number of urea groups is 1. The summed E-state index contributed by atoms with van der Waals surface area (Å²) in [6.45, 7) is 6.81. The SMILES string of the molecule is CC.Cc1ccc(NC(=O)N2CCCCc3ccccc32)cc1. The highest BCUT2D eigenvalue weighted by Crippen LogP contribution is 2.26. The number of benzene rings is 2. The van der Waals surface area contributed by atoms with Crippen LogP contribution in [0.5, 0.6) is 0 Å². The van der Waals surface area contributed by atoms with Crippen LogP contribution >= 0.6 is 0 Å². The predicted octanol–water partition coefficient (Wildman–Crippen LogP) is 5.40. The molecule has 0 unspecified atom stereocenters. The number of hydrogen-bond acceptors (Lipinski definition) is 1. The third-order valence-corrected chi connectivity index (χ3v) is 3.91. The molecule has 2 aromatic rings. The number of fused-ring (bicyclic) bond motifs is 1. The molecule has 1 aliphatic rings. The Morgan fingerprint density at radius 1 is 1.00 bits per heavy atom. The number of nitrogens with zero attached hydrogens (tertiary/aromatic N) is 1. The van der Waals surface area contributed by atoms with Gasteiger partial charge in [-0.15, -0.1) is 0 Å². The lowest BCUT2D eigenvalue weighted by Crippen LogP contribution is -2.35. The smallest absolute Gasteiger partial charge is 0.308 e. The fraction of sp³-hybridized carbons (Fsp3) is 0.350. The number of anilines is 2. The van der Waals surface area contributed by atoms with Crippen LogP contribution in [0.4, 0.5) is 16.2 Å². The lowest BCUT2D eigenvalue weighted by molar-refractivity contribution is 0.257. The highest BCUT2D eigenvalue weighted by Gasteiger charge is 2.20. The molecule has 1 aliphatic heterocycles. The Bertz CT molecular complexity index is 634. The van der Waals surface area contributed by atoms with Crippen LogP contribution in [0.3, 0.4) is 0 Å². The van der Waals surface area contributed by atoms with Gasteiger partial charge in [0.15, 0.2) is 0 Å². The van der Waals surface area contributed by atoms with Gasteiger partial charge in [0.25, 0.3) is 0 Å². The summed E-state index contributed by atoms with van der Waals surface area (Å²) in [4.78, 5) is 14.4. The quantitative estimate of drug-likeness (QED) is 0.752. The molecule has 3 nitrogen and oxygen atoms in total. The van der Waals surface area contributed by atoms with E-state index in [1.54, 1.807) is 0 Å². The van der Waals surface area contributed by atoms with E-state index in [4.69, 9.17) is 0 Å². The number of nitrogens with one attached hydrogen (secondary N) is 1. The Labute approximate surface area is 139 Å². The molecule has 2 amide bonds. The minimum atomic E-state index is -0.0480. The second-order valence-corrected chi connectivity index (χ2v) is 5.53. The highest BCUT2D eigenvalue weighted by molar-refractivity contribution is 6.02. The Kier molecular flexibility index (Phi) is 6.21. The Morgan fingerprint density at radius 3 is 2.43 bits per heavy atom. The predicted molar refractivity (Wildman–Crippen MR) is 98.3 cm³/mol. The van der Waals surface area contributed by atoms with Gasteiger partial charge < -0.3 is 5.32 Å². The van der Waals surface area contributed by atoms with Crippen molar-refractivity contribution >= 4 is 17.4 Å². The number of carbonyl (C=O) groups is 1. The summed E-state index contributed by atoms with van der Waals surface area (Å²) in [5, 5.41) is 2.99. The van der Waals surface area contributed by atoms with Gasteiger partial charge in [-0.25, -0.2) is 4.79 Å². The van der Waals surface area contributed by atoms with Gasteiger partial charge in [0.1, 0.15) is 0 Å². The van der Waals surface area contributed by atoms with Gasteiger partial charge in [-0.3, -0.25) is 4.90 Å². The Morgan fingerprint density at radius 2 is 1.70 bits per heavy atom. The molecule has 0 aliphatic carbocycles. The zero-order valence-corrected chi connectivity index (χ0v) is 14.3. The maximum Gasteiger partial charge on any atom is 0.326 e. The summed E-state index contributed by atoms with van der Waals surface area (Å²) < 4.78 is 0. The topological polar surface area (TPSA) is 32.3 Å². The zero-order chi connectivity index (χ0) is 16.7.